The molecule has 1 aromatic heterocycles. The fourth-order valence-corrected chi connectivity index (χ4v) is 1.82. The smallest absolute Gasteiger partial charge is 0.216 e. The Hall–Kier alpha value is -1.62. The van der Waals surface area contributed by atoms with E-state index in [9.17, 15) is 0 Å². The molecule has 0 aromatic carbocycles. The standard InChI is InChI=1S/C12H17N3O2/c1-3-13-12(10-5-4-6-17-10)9-7-11(16-2)15-8-14-9/h5,7-8,12-13H,3-4,6H2,1-2H3. The van der Waals surface area contributed by atoms with Gasteiger partial charge in [0.1, 0.15) is 18.1 Å². The second-order valence-corrected chi connectivity index (χ2v) is 3.72. The quantitative estimate of drug-likeness (QED) is 0.837. The average molecular weight is 235 g/mol. The highest BCUT2D eigenvalue weighted by molar-refractivity contribution is 5.24. The van der Waals surface area contributed by atoms with Crippen molar-refractivity contribution in [3.05, 3.63) is 29.9 Å². The third kappa shape index (κ3) is 2.74. The summed E-state index contributed by atoms with van der Waals surface area (Å²) in [5.41, 5.74) is 0.867. The van der Waals surface area contributed by atoms with E-state index in [1.807, 2.05) is 6.07 Å². The van der Waals surface area contributed by atoms with E-state index in [2.05, 4.69) is 28.3 Å². The summed E-state index contributed by atoms with van der Waals surface area (Å²) < 4.78 is 10.7. The zero-order valence-corrected chi connectivity index (χ0v) is 10.1. The number of likely N-dealkylation sites (N-methyl/N-ethyl adjacent to an activating group) is 1. The zero-order chi connectivity index (χ0) is 12.1. The maximum atomic E-state index is 5.59. The molecule has 5 heteroatoms. The Morgan fingerprint density at radius 1 is 1.53 bits per heavy atom. The van der Waals surface area contributed by atoms with Crippen LogP contribution in [0, 0.1) is 0 Å². The Labute approximate surface area is 101 Å². The van der Waals surface area contributed by atoms with Crippen LogP contribution in [0.2, 0.25) is 0 Å². The van der Waals surface area contributed by atoms with Crippen molar-refractivity contribution in [1.82, 2.24) is 15.3 Å². The lowest BCUT2D eigenvalue weighted by Gasteiger charge is -2.18. The molecular formula is C12H17N3O2. The summed E-state index contributed by atoms with van der Waals surface area (Å²) in [5.74, 6) is 1.50. The maximum Gasteiger partial charge on any atom is 0.216 e. The van der Waals surface area contributed by atoms with Crippen molar-refractivity contribution in [2.75, 3.05) is 20.3 Å². The molecule has 0 spiro atoms. The molecule has 2 rings (SSSR count). The lowest BCUT2D eigenvalue weighted by molar-refractivity contribution is 0.214. The Morgan fingerprint density at radius 2 is 2.41 bits per heavy atom. The van der Waals surface area contributed by atoms with Gasteiger partial charge in [0, 0.05) is 12.5 Å². The van der Waals surface area contributed by atoms with Crippen molar-refractivity contribution in [2.45, 2.75) is 19.4 Å². The van der Waals surface area contributed by atoms with E-state index in [1.165, 1.54) is 6.33 Å². The molecule has 1 unspecified atom stereocenters. The summed E-state index contributed by atoms with van der Waals surface area (Å²) >= 11 is 0. The predicted molar refractivity (Wildman–Crippen MR) is 63.7 cm³/mol. The van der Waals surface area contributed by atoms with E-state index in [0.29, 0.717) is 5.88 Å². The zero-order valence-electron chi connectivity index (χ0n) is 10.1. The number of ether oxygens (including phenoxy) is 2. The van der Waals surface area contributed by atoms with Gasteiger partial charge in [-0.05, 0) is 12.6 Å². The summed E-state index contributed by atoms with van der Waals surface area (Å²) in [6.45, 7) is 3.65. The first-order valence-electron chi connectivity index (χ1n) is 5.77. The highest BCUT2D eigenvalue weighted by atomic mass is 16.5. The molecule has 0 saturated heterocycles. The second kappa shape index (κ2) is 5.63. The van der Waals surface area contributed by atoms with Gasteiger partial charge in [0.15, 0.2) is 0 Å². The average Bonchev–Trinajstić information content (AvgIpc) is 2.89. The molecule has 0 amide bonds. The Bertz CT molecular complexity index is 406. The minimum Gasteiger partial charge on any atom is -0.496 e. The van der Waals surface area contributed by atoms with Gasteiger partial charge in [-0.1, -0.05) is 6.92 Å². The van der Waals surface area contributed by atoms with Crippen molar-refractivity contribution in [1.29, 1.82) is 0 Å². The molecule has 92 valence electrons. The lowest BCUT2D eigenvalue weighted by Crippen LogP contribution is -2.24. The molecule has 1 N–H and O–H groups in total. The van der Waals surface area contributed by atoms with Crippen molar-refractivity contribution < 1.29 is 9.47 Å². The van der Waals surface area contributed by atoms with Crippen molar-refractivity contribution in [2.24, 2.45) is 0 Å². The predicted octanol–water partition coefficient (Wildman–Crippen LogP) is 1.44. The third-order valence-electron chi connectivity index (χ3n) is 2.59. The van der Waals surface area contributed by atoms with Crippen LogP contribution in [0.5, 0.6) is 5.88 Å². The minimum atomic E-state index is -0.0144. The number of hydrogen-bond acceptors (Lipinski definition) is 5. The van der Waals surface area contributed by atoms with Crippen molar-refractivity contribution in [3.63, 3.8) is 0 Å². The maximum absolute atomic E-state index is 5.59. The van der Waals surface area contributed by atoms with E-state index < -0.39 is 0 Å². The number of aromatic nitrogens is 2. The van der Waals surface area contributed by atoms with E-state index in [4.69, 9.17) is 9.47 Å². The Kier molecular flexibility index (Phi) is 3.93. The van der Waals surface area contributed by atoms with Crippen LogP contribution in [0.4, 0.5) is 0 Å². The fourth-order valence-electron chi connectivity index (χ4n) is 1.82. The first-order valence-corrected chi connectivity index (χ1v) is 5.77. The first kappa shape index (κ1) is 11.9. The normalized spacial score (nSPS) is 16.2. The number of nitrogens with zero attached hydrogens (tertiary/aromatic N) is 2. The lowest BCUT2D eigenvalue weighted by atomic mass is 10.1. The van der Waals surface area contributed by atoms with E-state index in [-0.39, 0.29) is 6.04 Å². The molecule has 1 aromatic rings. The van der Waals surface area contributed by atoms with E-state index >= 15 is 0 Å². The summed E-state index contributed by atoms with van der Waals surface area (Å²) in [6, 6.07) is 1.81. The summed E-state index contributed by atoms with van der Waals surface area (Å²) in [6.07, 6.45) is 4.56. The van der Waals surface area contributed by atoms with Gasteiger partial charge in [-0.3, -0.25) is 0 Å². The van der Waals surface area contributed by atoms with Crippen molar-refractivity contribution >= 4 is 0 Å². The second-order valence-electron chi connectivity index (χ2n) is 3.72. The van der Waals surface area contributed by atoms with Crippen LogP contribution in [-0.4, -0.2) is 30.2 Å². The van der Waals surface area contributed by atoms with Crippen LogP contribution in [0.1, 0.15) is 25.1 Å². The summed E-state index contributed by atoms with van der Waals surface area (Å²) in [4.78, 5) is 8.28. The van der Waals surface area contributed by atoms with Crippen LogP contribution >= 0.6 is 0 Å². The molecule has 1 aliphatic heterocycles. The Morgan fingerprint density at radius 3 is 3.06 bits per heavy atom. The van der Waals surface area contributed by atoms with Gasteiger partial charge in [0.25, 0.3) is 0 Å². The molecule has 5 nitrogen and oxygen atoms in total. The number of hydrogen-bond donors (Lipinski definition) is 1. The monoisotopic (exact) mass is 235 g/mol. The highest BCUT2D eigenvalue weighted by Gasteiger charge is 2.21. The number of rotatable bonds is 5. The molecule has 2 heterocycles. The Balaban J connectivity index is 2.24. The molecule has 1 aliphatic rings. The minimum absolute atomic E-state index is 0.0144. The van der Waals surface area contributed by atoms with Crippen LogP contribution in [0.15, 0.2) is 24.2 Å². The van der Waals surface area contributed by atoms with Crippen LogP contribution in [0.3, 0.4) is 0 Å². The van der Waals surface area contributed by atoms with Gasteiger partial charge >= 0.3 is 0 Å². The van der Waals surface area contributed by atoms with E-state index in [0.717, 1.165) is 31.0 Å². The molecule has 0 radical (unpaired) electrons. The molecule has 0 fully saturated rings. The highest BCUT2D eigenvalue weighted by Crippen LogP contribution is 2.26. The number of methoxy groups -OCH3 is 1. The fraction of sp³-hybridized carbons (Fsp3) is 0.500. The molecule has 17 heavy (non-hydrogen) atoms. The van der Waals surface area contributed by atoms with E-state index in [1.54, 1.807) is 7.11 Å². The summed E-state index contributed by atoms with van der Waals surface area (Å²) in [7, 11) is 1.60. The van der Waals surface area contributed by atoms with Crippen molar-refractivity contribution in [3.8, 4) is 5.88 Å². The molecule has 0 aliphatic carbocycles. The van der Waals surface area contributed by atoms with Crippen LogP contribution in [0.25, 0.3) is 0 Å². The van der Waals surface area contributed by atoms with Crippen LogP contribution < -0.4 is 10.1 Å². The third-order valence-corrected chi connectivity index (χ3v) is 2.59. The largest absolute Gasteiger partial charge is 0.496 e. The van der Waals surface area contributed by atoms with Gasteiger partial charge in [-0.2, -0.15) is 0 Å². The van der Waals surface area contributed by atoms with Crippen LogP contribution in [-0.2, 0) is 4.74 Å². The molecule has 0 saturated carbocycles. The summed E-state index contributed by atoms with van der Waals surface area (Å²) in [5, 5.41) is 3.35. The molecular weight excluding hydrogens is 218 g/mol. The molecule has 0 bridgehead atoms. The molecule has 1 atom stereocenters. The van der Waals surface area contributed by atoms with Gasteiger partial charge in [0.2, 0.25) is 5.88 Å². The first-order chi connectivity index (χ1) is 8.35. The van der Waals surface area contributed by atoms with Gasteiger partial charge < -0.3 is 14.8 Å². The number of nitrogens with one attached hydrogen (secondary N) is 1. The van der Waals surface area contributed by atoms with Gasteiger partial charge in [-0.15, -0.1) is 0 Å². The SMILES string of the molecule is CCNC(C1=CCCO1)c1cc(OC)ncn1. The van der Waals surface area contributed by atoms with Gasteiger partial charge in [-0.25, -0.2) is 9.97 Å². The van der Waals surface area contributed by atoms with Gasteiger partial charge in [0.05, 0.1) is 19.4 Å². The topological polar surface area (TPSA) is 56.3 Å².